The van der Waals surface area contributed by atoms with Crippen molar-refractivity contribution in [3.05, 3.63) is 29.8 Å². The first-order valence-electron chi connectivity index (χ1n) is 8.28. The molecule has 1 atom stereocenters. The Bertz CT molecular complexity index is 702. The van der Waals surface area contributed by atoms with Gasteiger partial charge in [0.25, 0.3) is 0 Å². The molecule has 0 saturated heterocycles. The number of methoxy groups -OCH3 is 1. The van der Waals surface area contributed by atoms with Crippen molar-refractivity contribution in [3.8, 4) is 5.75 Å². The van der Waals surface area contributed by atoms with Crippen molar-refractivity contribution in [1.82, 2.24) is 16.0 Å². The first-order chi connectivity index (χ1) is 12.2. The fourth-order valence-corrected chi connectivity index (χ4v) is 2.84. The summed E-state index contributed by atoms with van der Waals surface area (Å²) in [5, 5.41) is 8.78. The van der Waals surface area contributed by atoms with Gasteiger partial charge >= 0.3 is 0 Å². The Morgan fingerprint density at radius 3 is 2.42 bits per heavy atom. The monoisotopic (exact) mass is 384 g/mol. The second-order valence-corrected chi connectivity index (χ2v) is 8.27. The number of aliphatic imine (C=N–C) groups is 1. The van der Waals surface area contributed by atoms with Crippen molar-refractivity contribution in [2.75, 3.05) is 32.7 Å². The third kappa shape index (κ3) is 9.26. The zero-order chi connectivity index (χ0) is 19.6. The lowest BCUT2D eigenvalue weighted by molar-refractivity contribution is -0.120. The minimum atomic E-state index is -3.00. The van der Waals surface area contributed by atoms with Gasteiger partial charge in [-0.3, -0.25) is 9.79 Å². The number of benzene rings is 1. The lowest BCUT2D eigenvalue weighted by atomic mass is 10.2. The van der Waals surface area contributed by atoms with Gasteiger partial charge in [0.2, 0.25) is 5.91 Å². The molecule has 9 heteroatoms. The van der Waals surface area contributed by atoms with Crippen LogP contribution in [0.25, 0.3) is 0 Å². The highest BCUT2D eigenvalue weighted by atomic mass is 32.2. The third-order valence-corrected chi connectivity index (χ3v) is 4.57. The average molecular weight is 385 g/mol. The summed E-state index contributed by atoms with van der Waals surface area (Å²) in [5.74, 6) is 1.14. The number of carbonyl (C=O) groups excluding carboxylic acids is 1. The standard InChI is InChI=1S/C17H28N4O4S/c1-13(9-10-26(4,23)24)21-17(18-2)20-12-16(22)19-11-14-5-7-15(25-3)8-6-14/h5-8,13H,9-12H2,1-4H3,(H,19,22)(H2,18,20,21). The molecular weight excluding hydrogens is 356 g/mol. The Labute approximate surface area is 155 Å². The van der Waals surface area contributed by atoms with Crippen LogP contribution < -0.4 is 20.7 Å². The SMILES string of the molecule is CN=C(NCC(=O)NCc1ccc(OC)cc1)NC(C)CCS(C)(=O)=O. The fraction of sp³-hybridized carbons (Fsp3) is 0.529. The summed E-state index contributed by atoms with van der Waals surface area (Å²) in [7, 11) is 0.196. The van der Waals surface area contributed by atoms with Gasteiger partial charge in [0, 0.05) is 25.9 Å². The topological polar surface area (TPSA) is 109 Å². The van der Waals surface area contributed by atoms with Gasteiger partial charge in [-0.05, 0) is 31.0 Å². The van der Waals surface area contributed by atoms with Gasteiger partial charge < -0.3 is 20.7 Å². The molecule has 0 aliphatic rings. The molecule has 1 amide bonds. The second kappa shape index (κ2) is 10.6. The van der Waals surface area contributed by atoms with Crippen LogP contribution in [0.4, 0.5) is 0 Å². The van der Waals surface area contributed by atoms with E-state index in [9.17, 15) is 13.2 Å². The van der Waals surface area contributed by atoms with E-state index in [1.807, 2.05) is 31.2 Å². The average Bonchev–Trinajstić information content (AvgIpc) is 2.61. The minimum absolute atomic E-state index is 0.0641. The molecule has 0 aliphatic carbocycles. The van der Waals surface area contributed by atoms with Crippen LogP contribution in [0, 0.1) is 0 Å². The molecule has 1 aromatic rings. The highest BCUT2D eigenvalue weighted by Gasteiger charge is 2.10. The molecule has 1 unspecified atom stereocenters. The molecular formula is C17H28N4O4S. The summed E-state index contributed by atoms with van der Waals surface area (Å²) in [4.78, 5) is 16.0. The van der Waals surface area contributed by atoms with Crippen molar-refractivity contribution in [2.45, 2.75) is 25.9 Å². The van der Waals surface area contributed by atoms with Gasteiger partial charge in [0.05, 0.1) is 19.4 Å². The fourth-order valence-electron chi connectivity index (χ4n) is 2.06. The Hall–Kier alpha value is -2.29. The summed E-state index contributed by atoms with van der Waals surface area (Å²) < 4.78 is 27.5. The van der Waals surface area contributed by atoms with Crippen molar-refractivity contribution in [2.24, 2.45) is 4.99 Å². The van der Waals surface area contributed by atoms with Crippen LogP contribution in [0.15, 0.2) is 29.3 Å². The van der Waals surface area contributed by atoms with Crippen molar-refractivity contribution < 1.29 is 17.9 Å². The number of carbonyl (C=O) groups is 1. The van der Waals surface area contributed by atoms with Crippen LogP contribution >= 0.6 is 0 Å². The summed E-state index contributed by atoms with van der Waals surface area (Å²) >= 11 is 0. The van der Waals surface area contributed by atoms with Crippen LogP contribution in [0.1, 0.15) is 18.9 Å². The van der Waals surface area contributed by atoms with Crippen LogP contribution in [-0.4, -0.2) is 59.0 Å². The van der Waals surface area contributed by atoms with E-state index in [1.54, 1.807) is 14.2 Å². The molecule has 8 nitrogen and oxygen atoms in total. The molecule has 0 aromatic heterocycles. The number of nitrogens with one attached hydrogen (secondary N) is 3. The lowest BCUT2D eigenvalue weighted by Crippen LogP contribution is -2.46. The van der Waals surface area contributed by atoms with Gasteiger partial charge in [0.1, 0.15) is 15.6 Å². The maximum absolute atomic E-state index is 11.9. The molecule has 0 saturated carbocycles. The van der Waals surface area contributed by atoms with Gasteiger partial charge in [-0.2, -0.15) is 0 Å². The molecule has 146 valence electrons. The smallest absolute Gasteiger partial charge is 0.239 e. The number of amides is 1. The predicted molar refractivity (Wildman–Crippen MR) is 103 cm³/mol. The first-order valence-corrected chi connectivity index (χ1v) is 10.3. The molecule has 0 bridgehead atoms. The van der Waals surface area contributed by atoms with E-state index >= 15 is 0 Å². The number of nitrogens with zero attached hydrogens (tertiary/aromatic N) is 1. The zero-order valence-electron chi connectivity index (χ0n) is 15.7. The lowest BCUT2D eigenvalue weighted by Gasteiger charge is -2.17. The van der Waals surface area contributed by atoms with Crippen LogP contribution in [0.3, 0.4) is 0 Å². The molecule has 26 heavy (non-hydrogen) atoms. The summed E-state index contributed by atoms with van der Waals surface area (Å²) in [6.07, 6.45) is 1.67. The number of sulfone groups is 1. The van der Waals surface area contributed by atoms with E-state index in [2.05, 4.69) is 20.9 Å². The molecule has 1 rings (SSSR count). The summed E-state index contributed by atoms with van der Waals surface area (Å²) in [5.41, 5.74) is 0.969. The van der Waals surface area contributed by atoms with Gasteiger partial charge in [0.15, 0.2) is 5.96 Å². The summed E-state index contributed by atoms with van der Waals surface area (Å²) in [6, 6.07) is 7.36. The Morgan fingerprint density at radius 1 is 1.23 bits per heavy atom. The van der Waals surface area contributed by atoms with E-state index in [-0.39, 0.29) is 24.2 Å². The minimum Gasteiger partial charge on any atom is -0.497 e. The Kier molecular flexibility index (Phi) is 8.91. The highest BCUT2D eigenvalue weighted by molar-refractivity contribution is 7.90. The third-order valence-electron chi connectivity index (χ3n) is 3.59. The number of rotatable bonds is 9. The van der Waals surface area contributed by atoms with Crippen LogP contribution in [0.2, 0.25) is 0 Å². The first kappa shape index (κ1) is 21.8. The van der Waals surface area contributed by atoms with E-state index < -0.39 is 9.84 Å². The number of guanidine groups is 1. The van der Waals surface area contributed by atoms with Gasteiger partial charge in [-0.15, -0.1) is 0 Å². The van der Waals surface area contributed by atoms with Crippen molar-refractivity contribution in [1.29, 1.82) is 0 Å². The highest BCUT2D eigenvalue weighted by Crippen LogP contribution is 2.10. The molecule has 0 heterocycles. The summed E-state index contributed by atoms with van der Waals surface area (Å²) in [6.45, 7) is 2.34. The zero-order valence-corrected chi connectivity index (χ0v) is 16.5. The molecule has 0 radical (unpaired) electrons. The molecule has 0 aliphatic heterocycles. The van der Waals surface area contributed by atoms with Crippen molar-refractivity contribution >= 4 is 21.7 Å². The number of ether oxygens (including phenoxy) is 1. The maximum Gasteiger partial charge on any atom is 0.239 e. The van der Waals surface area contributed by atoms with E-state index in [0.717, 1.165) is 11.3 Å². The normalized spacial score (nSPS) is 13.0. The van der Waals surface area contributed by atoms with Crippen molar-refractivity contribution in [3.63, 3.8) is 0 Å². The van der Waals surface area contributed by atoms with E-state index in [4.69, 9.17) is 4.74 Å². The van der Waals surface area contributed by atoms with Gasteiger partial charge in [-0.1, -0.05) is 12.1 Å². The predicted octanol–water partition coefficient (Wildman–Crippen LogP) is 0.300. The maximum atomic E-state index is 11.9. The molecule has 0 spiro atoms. The van der Waals surface area contributed by atoms with Crippen LogP contribution in [0.5, 0.6) is 5.75 Å². The molecule has 1 aromatic carbocycles. The Morgan fingerprint density at radius 2 is 1.88 bits per heavy atom. The van der Waals surface area contributed by atoms with Gasteiger partial charge in [-0.25, -0.2) is 8.42 Å². The molecule has 3 N–H and O–H groups in total. The second-order valence-electron chi connectivity index (χ2n) is 6.01. The largest absolute Gasteiger partial charge is 0.497 e. The van der Waals surface area contributed by atoms with E-state index in [0.29, 0.717) is 18.9 Å². The van der Waals surface area contributed by atoms with Crippen LogP contribution in [-0.2, 0) is 21.2 Å². The van der Waals surface area contributed by atoms with E-state index in [1.165, 1.54) is 6.26 Å². The quantitative estimate of drug-likeness (QED) is 0.417. The Balaban J connectivity index is 2.34. The molecule has 0 fully saturated rings. The number of hydrogen-bond donors (Lipinski definition) is 3. The number of hydrogen-bond acceptors (Lipinski definition) is 5.